The van der Waals surface area contributed by atoms with Gasteiger partial charge in [-0.1, -0.05) is 6.07 Å². The van der Waals surface area contributed by atoms with E-state index in [0.717, 1.165) is 27.3 Å². The Morgan fingerprint density at radius 2 is 1.41 bits per heavy atom. The summed E-state index contributed by atoms with van der Waals surface area (Å²) in [6, 6.07) is 12.3. The normalized spacial score (nSPS) is 12.1. The highest BCUT2D eigenvalue weighted by atomic mass is 19.2. The third kappa shape index (κ3) is 0.965. The molecule has 4 aromatic rings. The van der Waals surface area contributed by atoms with Crippen molar-refractivity contribution in [3.05, 3.63) is 54.1 Å². The van der Waals surface area contributed by atoms with Crippen LogP contribution in [0.5, 0.6) is 0 Å². The van der Waals surface area contributed by atoms with Gasteiger partial charge in [0.1, 0.15) is 0 Å². The summed E-state index contributed by atoms with van der Waals surface area (Å²) >= 11 is 0. The highest BCUT2D eigenvalue weighted by Crippen LogP contribution is 2.32. The molecule has 0 bridgehead atoms. The van der Waals surface area contributed by atoms with Crippen molar-refractivity contribution in [3.8, 4) is 0 Å². The summed E-state index contributed by atoms with van der Waals surface area (Å²) < 4.78 is 28.6. The van der Waals surface area contributed by atoms with Gasteiger partial charge in [0.25, 0.3) is 0 Å². The fourth-order valence-corrected chi connectivity index (χ4v) is 2.55. The summed E-state index contributed by atoms with van der Waals surface area (Å²) in [5, 5.41) is 1.51. The Balaban J connectivity index is 2.42. The fourth-order valence-electron chi connectivity index (χ4n) is 2.55. The molecule has 0 aliphatic carbocycles. The molecule has 0 unspecified atom stereocenters. The maximum absolute atomic E-state index is 13.3. The molecule has 0 N–H and O–H groups in total. The van der Waals surface area contributed by atoms with Crippen LogP contribution in [0.4, 0.5) is 8.78 Å². The van der Waals surface area contributed by atoms with Crippen molar-refractivity contribution in [3.63, 3.8) is 0 Å². The van der Waals surface area contributed by atoms with Gasteiger partial charge in [-0.15, -0.1) is 0 Å². The number of hydrogen-bond acceptors (Lipinski definition) is 0. The second-order valence-electron chi connectivity index (χ2n) is 4.20. The van der Waals surface area contributed by atoms with Crippen molar-refractivity contribution in [2.24, 2.45) is 0 Å². The molecular weight excluding hydrogens is 220 g/mol. The minimum absolute atomic E-state index is 0.755. The SMILES string of the molecule is Fc1cc2c(cc1F)c1ccc3cccc2n31. The van der Waals surface area contributed by atoms with E-state index in [-0.39, 0.29) is 0 Å². The highest BCUT2D eigenvalue weighted by Gasteiger charge is 2.13. The lowest BCUT2D eigenvalue weighted by Gasteiger charge is -1.96. The van der Waals surface area contributed by atoms with E-state index in [2.05, 4.69) is 0 Å². The van der Waals surface area contributed by atoms with Gasteiger partial charge >= 0.3 is 0 Å². The van der Waals surface area contributed by atoms with Crippen molar-refractivity contribution in [2.75, 3.05) is 0 Å². The standard InChI is InChI=1S/C14H7F2N/c15-11-6-9-10(7-12(11)16)14-5-4-8-2-1-3-13(9)17(8)14/h1-7H. The molecule has 17 heavy (non-hydrogen) atoms. The lowest BCUT2D eigenvalue weighted by atomic mass is 10.1. The molecule has 0 amide bonds. The van der Waals surface area contributed by atoms with Crippen LogP contribution in [0.1, 0.15) is 0 Å². The first-order valence-electron chi connectivity index (χ1n) is 5.36. The van der Waals surface area contributed by atoms with E-state index >= 15 is 0 Å². The zero-order chi connectivity index (χ0) is 11.6. The maximum atomic E-state index is 13.3. The number of hydrogen-bond donors (Lipinski definition) is 0. The Bertz CT molecular complexity index is 840. The molecule has 0 spiro atoms. The summed E-state index contributed by atoms with van der Waals surface area (Å²) in [6.07, 6.45) is 0. The van der Waals surface area contributed by atoms with E-state index in [1.165, 1.54) is 12.1 Å². The minimum atomic E-state index is -0.800. The van der Waals surface area contributed by atoms with Gasteiger partial charge in [-0.3, -0.25) is 0 Å². The summed E-state index contributed by atoms with van der Waals surface area (Å²) in [6.45, 7) is 0. The Labute approximate surface area is 95.2 Å². The van der Waals surface area contributed by atoms with Gasteiger partial charge in [0.05, 0.1) is 11.0 Å². The average molecular weight is 227 g/mol. The van der Waals surface area contributed by atoms with Crippen LogP contribution in [-0.4, -0.2) is 4.40 Å². The quantitative estimate of drug-likeness (QED) is 0.428. The smallest absolute Gasteiger partial charge is 0.159 e. The maximum Gasteiger partial charge on any atom is 0.159 e. The first-order valence-corrected chi connectivity index (χ1v) is 5.36. The van der Waals surface area contributed by atoms with E-state index in [1.54, 1.807) is 0 Å². The van der Waals surface area contributed by atoms with Crippen LogP contribution in [-0.2, 0) is 0 Å². The molecule has 4 rings (SSSR count). The van der Waals surface area contributed by atoms with Gasteiger partial charge in [-0.05, 0) is 36.4 Å². The Morgan fingerprint density at radius 1 is 0.765 bits per heavy atom. The molecule has 1 nitrogen and oxygen atoms in total. The predicted molar refractivity (Wildman–Crippen MR) is 63.5 cm³/mol. The van der Waals surface area contributed by atoms with Gasteiger partial charge in [0.15, 0.2) is 11.6 Å². The van der Waals surface area contributed by atoms with Crippen molar-refractivity contribution in [2.45, 2.75) is 0 Å². The van der Waals surface area contributed by atoms with Crippen LogP contribution in [0.25, 0.3) is 27.3 Å². The molecule has 0 saturated carbocycles. The zero-order valence-electron chi connectivity index (χ0n) is 8.74. The van der Waals surface area contributed by atoms with Gasteiger partial charge in [-0.25, -0.2) is 8.78 Å². The molecule has 0 atom stereocenters. The number of nitrogens with zero attached hydrogens (tertiary/aromatic N) is 1. The molecule has 0 fully saturated rings. The molecule has 0 saturated heterocycles. The van der Waals surface area contributed by atoms with Crippen LogP contribution >= 0.6 is 0 Å². The summed E-state index contributed by atoms with van der Waals surface area (Å²) in [5.41, 5.74) is 2.87. The molecular formula is C14H7F2N. The topological polar surface area (TPSA) is 4.41 Å². The fraction of sp³-hybridized carbons (Fsp3) is 0. The number of fused-ring (bicyclic) bond motifs is 3. The van der Waals surface area contributed by atoms with Crippen LogP contribution in [0.15, 0.2) is 42.5 Å². The largest absolute Gasteiger partial charge is 0.309 e. The first-order chi connectivity index (χ1) is 8.25. The number of rotatable bonds is 0. The number of pyridine rings is 1. The third-order valence-electron chi connectivity index (χ3n) is 3.29. The minimum Gasteiger partial charge on any atom is -0.309 e. The van der Waals surface area contributed by atoms with Crippen molar-refractivity contribution < 1.29 is 8.78 Å². The number of halogens is 2. The highest BCUT2D eigenvalue weighted by molar-refractivity contribution is 6.10. The lowest BCUT2D eigenvalue weighted by molar-refractivity contribution is 0.511. The van der Waals surface area contributed by atoms with Crippen molar-refractivity contribution in [1.29, 1.82) is 0 Å². The first kappa shape index (κ1) is 8.93. The van der Waals surface area contributed by atoms with Gasteiger partial charge < -0.3 is 4.40 Å². The van der Waals surface area contributed by atoms with E-state index in [4.69, 9.17) is 0 Å². The van der Waals surface area contributed by atoms with E-state index in [0.29, 0.717) is 0 Å². The number of aromatic nitrogens is 1. The third-order valence-corrected chi connectivity index (χ3v) is 3.29. The van der Waals surface area contributed by atoms with Gasteiger partial charge in [0, 0.05) is 16.3 Å². The Kier molecular flexibility index (Phi) is 1.44. The number of benzene rings is 1. The second-order valence-corrected chi connectivity index (χ2v) is 4.20. The van der Waals surface area contributed by atoms with Crippen molar-refractivity contribution in [1.82, 2.24) is 4.40 Å². The molecule has 1 aromatic carbocycles. The zero-order valence-corrected chi connectivity index (χ0v) is 8.74. The molecule has 3 heteroatoms. The monoisotopic (exact) mass is 227 g/mol. The Morgan fingerprint density at radius 3 is 2.12 bits per heavy atom. The van der Waals surface area contributed by atoms with Gasteiger partial charge in [-0.2, -0.15) is 0 Å². The summed E-state index contributed by atoms with van der Waals surface area (Å²) in [4.78, 5) is 0. The lowest BCUT2D eigenvalue weighted by Crippen LogP contribution is -1.82. The van der Waals surface area contributed by atoms with Crippen LogP contribution in [0.2, 0.25) is 0 Å². The molecule has 0 radical (unpaired) electrons. The second kappa shape index (κ2) is 2.74. The molecule has 3 heterocycles. The molecule has 0 aliphatic heterocycles. The molecule has 82 valence electrons. The van der Waals surface area contributed by atoms with E-state index in [9.17, 15) is 8.78 Å². The predicted octanol–water partition coefficient (Wildman–Crippen LogP) is 3.96. The Hall–Kier alpha value is -2.16. The summed E-state index contributed by atoms with van der Waals surface area (Å²) in [5.74, 6) is -1.60. The molecule has 0 aliphatic rings. The summed E-state index contributed by atoms with van der Waals surface area (Å²) in [7, 11) is 0. The van der Waals surface area contributed by atoms with Crippen molar-refractivity contribution >= 4 is 27.3 Å². The van der Waals surface area contributed by atoms with Crippen LogP contribution < -0.4 is 0 Å². The average Bonchev–Trinajstić information content (AvgIpc) is 2.87. The van der Waals surface area contributed by atoms with Crippen LogP contribution in [0, 0.1) is 11.6 Å². The van der Waals surface area contributed by atoms with Crippen LogP contribution in [0.3, 0.4) is 0 Å². The molecule has 3 aromatic heterocycles. The van der Waals surface area contributed by atoms with Gasteiger partial charge in [0.2, 0.25) is 0 Å². The van der Waals surface area contributed by atoms with E-state index < -0.39 is 11.6 Å². The van der Waals surface area contributed by atoms with E-state index in [1.807, 2.05) is 34.7 Å².